The van der Waals surface area contributed by atoms with Crippen LogP contribution in [0, 0.1) is 4.84 Å². The van der Waals surface area contributed by atoms with Gasteiger partial charge in [-0.1, -0.05) is 29.8 Å². The lowest BCUT2D eigenvalue weighted by molar-refractivity contribution is 0.306. The van der Waals surface area contributed by atoms with Crippen molar-refractivity contribution in [2.45, 2.75) is 13.3 Å². The molecule has 31 heavy (non-hydrogen) atoms. The molecule has 6 nitrogen and oxygen atoms in total. The van der Waals surface area contributed by atoms with Crippen molar-refractivity contribution in [1.29, 1.82) is 0 Å². The van der Waals surface area contributed by atoms with Crippen molar-refractivity contribution < 1.29 is 13.9 Å². The van der Waals surface area contributed by atoms with E-state index in [-0.39, 0.29) is 4.84 Å². The molecular weight excluding hydrogens is 434 g/mol. The monoisotopic (exact) mass is 453 g/mol. The van der Waals surface area contributed by atoms with Crippen LogP contribution in [-0.4, -0.2) is 16.9 Å². The summed E-state index contributed by atoms with van der Waals surface area (Å²) >= 11 is 11.5. The number of hydrogen-bond acceptors (Lipinski definition) is 6. The third-order valence-electron chi connectivity index (χ3n) is 4.58. The summed E-state index contributed by atoms with van der Waals surface area (Å²) in [7, 11) is 1.64. The standard InChI is InChI=1S/C23H20ClN3O3S/c1-28-19-12-8-18(9-13-19)25-15-27-23(31)30-22(26-27)16-6-10-20(11-7-16)29-14-17-4-2-3-5-21(17)24/h2-13,25H,14-15H2,1H3. The van der Waals surface area contributed by atoms with Crippen LogP contribution in [0.5, 0.6) is 11.5 Å². The molecule has 1 N–H and O–H groups in total. The number of ether oxygens (including phenoxy) is 2. The number of anilines is 1. The molecule has 0 saturated carbocycles. The maximum Gasteiger partial charge on any atom is 0.289 e. The molecule has 0 aliphatic heterocycles. The van der Waals surface area contributed by atoms with E-state index in [4.69, 9.17) is 37.7 Å². The summed E-state index contributed by atoms with van der Waals surface area (Å²) in [6.45, 7) is 0.777. The van der Waals surface area contributed by atoms with Gasteiger partial charge in [-0.25, -0.2) is 4.68 Å². The van der Waals surface area contributed by atoms with Gasteiger partial charge in [-0.15, -0.1) is 5.10 Å². The molecule has 0 atom stereocenters. The molecule has 4 rings (SSSR count). The molecule has 0 fully saturated rings. The number of nitrogens with one attached hydrogen (secondary N) is 1. The van der Waals surface area contributed by atoms with E-state index in [0.717, 1.165) is 28.3 Å². The van der Waals surface area contributed by atoms with E-state index in [2.05, 4.69) is 10.4 Å². The van der Waals surface area contributed by atoms with Crippen LogP contribution < -0.4 is 14.8 Å². The number of rotatable bonds is 8. The van der Waals surface area contributed by atoms with Gasteiger partial charge in [0.15, 0.2) is 0 Å². The van der Waals surface area contributed by atoms with Gasteiger partial charge in [-0.2, -0.15) is 0 Å². The summed E-state index contributed by atoms with van der Waals surface area (Å²) < 4.78 is 18.2. The smallest absolute Gasteiger partial charge is 0.289 e. The fourth-order valence-electron chi connectivity index (χ4n) is 2.87. The summed E-state index contributed by atoms with van der Waals surface area (Å²) in [6, 6.07) is 22.7. The molecule has 4 aromatic rings. The molecular formula is C23H20ClN3O3S. The van der Waals surface area contributed by atoms with Gasteiger partial charge < -0.3 is 19.2 Å². The van der Waals surface area contributed by atoms with Crippen LogP contribution in [0.15, 0.2) is 77.2 Å². The molecule has 0 amide bonds. The van der Waals surface area contributed by atoms with Gasteiger partial charge in [0.25, 0.3) is 4.84 Å². The average Bonchev–Trinajstić information content (AvgIpc) is 3.18. The van der Waals surface area contributed by atoms with Crippen molar-refractivity contribution in [3.8, 4) is 23.0 Å². The summed E-state index contributed by atoms with van der Waals surface area (Å²) in [6.07, 6.45) is 0. The third-order valence-corrected chi connectivity index (χ3v) is 5.25. The van der Waals surface area contributed by atoms with Gasteiger partial charge in [0.1, 0.15) is 24.8 Å². The first-order chi connectivity index (χ1) is 15.1. The maximum atomic E-state index is 6.17. The second kappa shape index (κ2) is 9.68. The molecule has 1 heterocycles. The highest BCUT2D eigenvalue weighted by Crippen LogP contribution is 2.23. The van der Waals surface area contributed by atoms with E-state index in [9.17, 15) is 0 Å². The van der Waals surface area contributed by atoms with Crippen LogP contribution in [-0.2, 0) is 13.3 Å². The van der Waals surface area contributed by atoms with Crippen LogP contribution in [0.1, 0.15) is 5.56 Å². The van der Waals surface area contributed by atoms with E-state index in [1.54, 1.807) is 11.8 Å². The molecule has 0 saturated heterocycles. The number of aromatic nitrogens is 2. The third kappa shape index (κ3) is 5.25. The van der Waals surface area contributed by atoms with E-state index in [0.29, 0.717) is 24.2 Å². The fraction of sp³-hybridized carbons (Fsp3) is 0.130. The summed E-state index contributed by atoms with van der Waals surface area (Å²) in [5.74, 6) is 1.97. The topological polar surface area (TPSA) is 61.5 Å². The second-order valence-electron chi connectivity index (χ2n) is 6.64. The molecule has 0 spiro atoms. The van der Waals surface area contributed by atoms with E-state index < -0.39 is 0 Å². The van der Waals surface area contributed by atoms with Crippen LogP contribution in [0.3, 0.4) is 0 Å². The minimum atomic E-state index is 0.287. The Labute approximate surface area is 190 Å². The van der Waals surface area contributed by atoms with Gasteiger partial charge in [-0.3, -0.25) is 0 Å². The zero-order chi connectivity index (χ0) is 21.6. The lowest BCUT2D eigenvalue weighted by Crippen LogP contribution is -2.09. The lowest BCUT2D eigenvalue weighted by Gasteiger charge is -2.08. The molecule has 0 radical (unpaired) electrons. The van der Waals surface area contributed by atoms with E-state index >= 15 is 0 Å². The first kappa shape index (κ1) is 21.0. The highest BCUT2D eigenvalue weighted by Gasteiger charge is 2.09. The Bertz CT molecular complexity index is 1200. The van der Waals surface area contributed by atoms with Crippen molar-refractivity contribution in [2.75, 3.05) is 12.4 Å². The van der Waals surface area contributed by atoms with Gasteiger partial charge in [0.2, 0.25) is 5.89 Å². The number of hydrogen-bond donors (Lipinski definition) is 1. The van der Waals surface area contributed by atoms with Gasteiger partial charge in [0, 0.05) is 21.8 Å². The quantitative estimate of drug-likeness (QED) is 0.321. The Morgan fingerprint density at radius 1 is 1.00 bits per heavy atom. The molecule has 1 aromatic heterocycles. The second-order valence-corrected chi connectivity index (χ2v) is 7.40. The normalized spacial score (nSPS) is 10.6. The minimum Gasteiger partial charge on any atom is -0.497 e. The summed E-state index contributed by atoms with van der Waals surface area (Å²) in [5, 5.41) is 8.40. The molecule has 0 aliphatic carbocycles. The zero-order valence-corrected chi connectivity index (χ0v) is 18.3. The number of methoxy groups -OCH3 is 1. The lowest BCUT2D eigenvalue weighted by atomic mass is 10.2. The van der Waals surface area contributed by atoms with Crippen molar-refractivity contribution in [3.05, 3.63) is 88.2 Å². The molecule has 158 valence electrons. The van der Waals surface area contributed by atoms with Crippen molar-refractivity contribution in [1.82, 2.24) is 9.78 Å². The predicted molar refractivity (Wildman–Crippen MR) is 123 cm³/mol. The van der Waals surface area contributed by atoms with Gasteiger partial charge in [0.05, 0.1) is 7.11 Å². The Morgan fingerprint density at radius 2 is 1.71 bits per heavy atom. The minimum absolute atomic E-state index is 0.287. The van der Waals surface area contributed by atoms with Gasteiger partial charge in [-0.05, 0) is 66.8 Å². The SMILES string of the molecule is COc1ccc(NCn2nc(-c3ccc(OCc4ccccc4Cl)cc3)oc2=S)cc1. The number of benzene rings is 3. The Balaban J connectivity index is 1.39. The molecule has 3 aromatic carbocycles. The predicted octanol–water partition coefficient (Wildman–Crippen LogP) is 6.18. The Kier molecular flexibility index (Phi) is 6.54. The first-order valence-electron chi connectivity index (χ1n) is 9.55. The zero-order valence-electron chi connectivity index (χ0n) is 16.7. The van der Waals surface area contributed by atoms with Crippen molar-refractivity contribution in [3.63, 3.8) is 0 Å². The number of halogens is 1. The van der Waals surface area contributed by atoms with Crippen molar-refractivity contribution in [2.24, 2.45) is 0 Å². The van der Waals surface area contributed by atoms with E-state index in [1.807, 2.05) is 72.8 Å². The maximum absolute atomic E-state index is 6.17. The fourth-order valence-corrected chi connectivity index (χ4v) is 3.24. The average molecular weight is 454 g/mol. The Morgan fingerprint density at radius 3 is 2.42 bits per heavy atom. The molecule has 0 bridgehead atoms. The number of nitrogens with zero attached hydrogens (tertiary/aromatic N) is 2. The molecule has 0 unspecified atom stereocenters. The van der Waals surface area contributed by atoms with Crippen LogP contribution in [0.2, 0.25) is 5.02 Å². The van der Waals surface area contributed by atoms with Crippen LogP contribution in [0.4, 0.5) is 5.69 Å². The Hall–Kier alpha value is -3.29. The van der Waals surface area contributed by atoms with Crippen LogP contribution in [0.25, 0.3) is 11.5 Å². The first-order valence-corrected chi connectivity index (χ1v) is 10.3. The summed E-state index contributed by atoms with van der Waals surface area (Å²) in [5.41, 5.74) is 2.66. The highest BCUT2D eigenvalue weighted by atomic mass is 35.5. The molecule has 8 heteroatoms. The summed E-state index contributed by atoms with van der Waals surface area (Å²) in [4.78, 5) is 0.287. The van der Waals surface area contributed by atoms with Gasteiger partial charge >= 0.3 is 0 Å². The molecule has 0 aliphatic rings. The largest absolute Gasteiger partial charge is 0.497 e. The van der Waals surface area contributed by atoms with Crippen LogP contribution >= 0.6 is 23.8 Å². The van der Waals surface area contributed by atoms with E-state index in [1.165, 1.54) is 0 Å². The van der Waals surface area contributed by atoms with Crippen molar-refractivity contribution >= 4 is 29.5 Å². The highest BCUT2D eigenvalue weighted by molar-refractivity contribution is 7.71.